The van der Waals surface area contributed by atoms with Gasteiger partial charge in [0, 0.05) is 18.2 Å². The number of phenolic OH excluding ortho intramolecular Hbond substituents is 1. The van der Waals surface area contributed by atoms with Crippen LogP contribution < -0.4 is 4.74 Å². The summed E-state index contributed by atoms with van der Waals surface area (Å²) in [4.78, 5) is 12.7. The lowest BCUT2D eigenvalue weighted by Crippen LogP contribution is -2.31. The Balaban J connectivity index is 2.12. The van der Waals surface area contributed by atoms with Crippen molar-refractivity contribution >= 4 is 5.97 Å². The second-order valence-electron chi connectivity index (χ2n) is 4.73. The second kappa shape index (κ2) is 5.93. The molecular weight excluding hydrogens is 246 g/mol. The van der Waals surface area contributed by atoms with E-state index < -0.39 is 5.97 Å². The molecule has 0 amide bonds. The van der Waals surface area contributed by atoms with Crippen LogP contribution in [-0.2, 0) is 11.3 Å². The van der Waals surface area contributed by atoms with Crippen molar-refractivity contribution in [1.29, 1.82) is 0 Å². The third-order valence-electron chi connectivity index (χ3n) is 3.16. The molecule has 0 heterocycles. The molecule has 0 atom stereocenters. The van der Waals surface area contributed by atoms with E-state index in [-0.39, 0.29) is 12.3 Å². The van der Waals surface area contributed by atoms with Gasteiger partial charge in [0.05, 0.1) is 13.2 Å². The van der Waals surface area contributed by atoms with Crippen LogP contribution in [0.25, 0.3) is 0 Å². The number of aromatic hydroxyl groups is 1. The summed E-state index contributed by atoms with van der Waals surface area (Å²) in [7, 11) is 0. The first-order valence-corrected chi connectivity index (χ1v) is 6.51. The Morgan fingerprint density at radius 3 is 2.79 bits per heavy atom. The maximum absolute atomic E-state index is 10.9. The molecule has 0 aliphatic heterocycles. The Kier molecular flexibility index (Phi) is 4.27. The van der Waals surface area contributed by atoms with Crippen molar-refractivity contribution in [2.45, 2.75) is 32.4 Å². The van der Waals surface area contributed by atoms with Crippen LogP contribution in [0.2, 0.25) is 0 Å². The zero-order chi connectivity index (χ0) is 13.8. The molecule has 0 aromatic heterocycles. The van der Waals surface area contributed by atoms with Crippen LogP contribution in [0.3, 0.4) is 0 Å². The lowest BCUT2D eigenvalue weighted by Gasteiger charge is -2.20. The molecule has 1 fully saturated rings. The molecule has 0 unspecified atom stereocenters. The lowest BCUT2D eigenvalue weighted by molar-refractivity contribution is -0.138. The van der Waals surface area contributed by atoms with E-state index in [1.54, 1.807) is 12.1 Å². The quantitative estimate of drug-likeness (QED) is 0.787. The predicted molar refractivity (Wildman–Crippen MR) is 70.3 cm³/mol. The molecule has 1 aromatic rings. The van der Waals surface area contributed by atoms with E-state index >= 15 is 0 Å². The highest BCUT2D eigenvalue weighted by Gasteiger charge is 2.30. The van der Waals surface area contributed by atoms with Crippen LogP contribution in [-0.4, -0.2) is 40.3 Å². The van der Waals surface area contributed by atoms with Gasteiger partial charge in [0.15, 0.2) is 11.5 Å². The number of hydrogen-bond acceptors (Lipinski definition) is 4. The molecule has 0 spiro atoms. The fraction of sp³-hybridized carbons (Fsp3) is 0.500. The van der Waals surface area contributed by atoms with Gasteiger partial charge in [0.1, 0.15) is 0 Å². The lowest BCUT2D eigenvalue weighted by atomic mass is 10.1. The summed E-state index contributed by atoms with van der Waals surface area (Å²) in [5.74, 6) is -0.279. The number of benzene rings is 1. The van der Waals surface area contributed by atoms with E-state index in [1.807, 2.05) is 17.9 Å². The van der Waals surface area contributed by atoms with Gasteiger partial charge in [0.2, 0.25) is 0 Å². The normalized spacial score (nSPS) is 14.6. The van der Waals surface area contributed by atoms with Crippen LogP contribution in [0, 0.1) is 0 Å². The van der Waals surface area contributed by atoms with Crippen LogP contribution >= 0.6 is 0 Å². The van der Waals surface area contributed by atoms with Crippen molar-refractivity contribution in [3.8, 4) is 11.5 Å². The molecule has 1 aromatic carbocycles. The van der Waals surface area contributed by atoms with Crippen LogP contribution in [0.1, 0.15) is 25.3 Å². The van der Waals surface area contributed by atoms with Gasteiger partial charge in [-0.25, -0.2) is 0 Å². The highest BCUT2D eigenvalue weighted by atomic mass is 16.5. The van der Waals surface area contributed by atoms with Gasteiger partial charge in [-0.1, -0.05) is 12.1 Å². The number of nitrogens with zero attached hydrogens (tertiary/aromatic N) is 1. The Morgan fingerprint density at radius 1 is 1.47 bits per heavy atom. The number of phenols is 1. The first-order valence-electron chi connectivity index (χ1n) is 6.51. The van der Waals surface area contributed by atoms with Gasteiger partial charge in [-0.05, 0) is 25.8 Å². The number of carboxylic acids is 1. The van der Waals surface area contributed by atoms with E-state index in [4.69, 9.17) is 9.84 Å². The number of rotatable bonds is 7. The number of hydrogen-bond donors (Lipinski definition) is 2. The largest absolute Gasteiger partial charge is 0.504 e. The summed E-state index contributed by atoms with van der Waals surface area (Å²) in [6.45, 7) is 2.78. The SMILES string of the molecule is CCOc1cccc(CN(CC(=O)O)C2CC2)c1O. The Bertz CT molecular complexity index is 457. The standard InChI is InChI=1S/C14H19NO4/c1-2-19-12-5-3-4-10(14(12)18)8-15(9-13(16)17)11-6-7-11/h3-5,11,18H,2,6-9H2,1H3,(H,16,17). The van der Waals surface area contributed by atoms with Gasteiger partial charge < -0.3 is 14.9 Å². The van der Waals surface area contributed by atoms with Crippen molar-refractivity contribution in [1.82, 2.24) is 4.90 Å². The molecule has 5 heteroatoms. The van der Waals surface area contributed by atoms with E-state index in [2.05, 4.69) is 0 Å². The van der Waals surface area contributed by atoms with Gasteiger partial charge in [-0.2, -0.15) is 0 Å². The number of carbonyl (C=O) groups is 1. The van der Waals surface area contributed by atoms with Gasteiger partial charge >= 0.3 is 5.97 Å². The monoisotopic (exact) mass is 265 g/mol. The summed E-state index contributed by atoms with van der Waals surface area (Å²) in [6, 6.07) is 5.65. The summed E-state index contributed by atoms with van der Waals surface area (Å²) >= 11 is 0. The fourth-order valence-corrected chi connectivity index (χ4v) is 2.11. The molecule has 1 saturated carbocycles. The van der Waals surface area contributed by atoms with Crippen molar-refractivity contribution in [2.24, 2.45) is 0 Å². The molecule has 2 rings (SSSR count). The summed E-state index contributed by atoms with van der Waals surface area (Å²) in [5.41, 5.74) is 0.708. The van der Waals surface area contributed by atoms with Gasteiger partial charge in [0.25, 0.3) is 0 Å². The molecular formula is C14H19NO4. The number of carboxylic acid groups (broad SMARTS) is 1. The van der Waals surface area contributed by atoms with Crippen molar-refractivity contribution < 1.29 is 19.7 Å². The fourth-order valence-electron chi connectivity index (χ4n) is 2.11. The minimum absolute atomic E-state index is 0.00295. The van der Waals surface area contributed by atoms with Crippen molar-refractivity contribution in [3.05, 3.63) is 23.8 Å². The maximum Gasteiger partial charge on any atom is 0.317 e. The number of ether oxygens (including phenoxy) is 1. The number of aliphatic carboxylic acids is 1. The van der Waals surface area contributed by atoms with Crippen molar-refractivity contribution in [2.75, 3.05) is 13.2 Å². The molecule has 0 saturated heterocycles. The first kappa shape index (κ1) is 13.7. The Hall–Kier alpha value is -1.75. The Morgan fingerprint density at radius 2 is 2.21 bits per heavy atom. The molecule has 0 bridgehead atoms. The van der Waals surface area contributed by atoms with Crippen LogP contribution in [0.4, 0.5) is 0 Å². The second-order valence-corrected chi connectivity index (χ2v) is 4.73. The van der Waals surface area contributed by atoms with E-state index in [1.165, 1.54) is 0 Å². The molecule has 0 radical (unpaired) electrons. The summed E-state index contributed by atoms with van der Waals surface area (Å²) in [5, 5.41) is 19.0. The predicted octanol–water partition coefficient (Wildman–Crippen LogP) is 1.84. The van der Waals surface area contributed by atoms with E-state index in [9.17, 15) is 9.90 Å². The molecule has 1 aliphatic carbocycles. The zero-order valence-corrected chi connectivity index (χ0v) is 11.0. The molecule has 2 N–H and O–H groups in total. The van der Waals surface area contributed by atoms with Gasteiger partial charge in [-0.3, -0.25) is 9.69 Å². The summed E-state index contributed by atoms with van der Waals surface area (Å²) in [6.07, 6.45) is 2.05. The highest BCUT2D eigenvalue weighted by molar-refractivity contribution is 5.69. The molecule has 19 heavy (non-hydrogen) atoms. The third-order valence-corrected chi connectivity index (χ3v) is 3.16. The zero-order valence-electron chi connectivity index (χ0n) is 11.0. The average molecular weight is 265 g/mol. The average Bonchev–Trinajstić information content (AvgIpc) is 3.17. The summed E-state index contributed by atoms with van der Waals surface area (Å²) < 4.78 is 5.33. The topological polar surface area (TPSA) is 70.0 Å². The molecule has 104 valence electrons. The Labute approximate surface area is 112 Å². The smallest absolute Gasteiger partial charge is 0.317 e. The van der Waals surface area contributed by atoms with Crippen LogP contribution in [0.15, 0.2) is 18.2 Å². The van der Waals surface area contributed by atoms with Crippen molar-refractivity contribution in [3.63, 3.8) is 0 Å². The molecule has 5 nitrogen and oxygen atoms in total. The number of para-hydroxylation sites is 1. The van der Waals surface area contributed by atoms with Crippen LogP contribution in [0.5, 0.6) is 11.5 Å². The first-order chi connectivity index (χ1) is 9.11. The third kappa shape index (κ3) is 3.61. The van der Waals surface area contributed by atoms with Gasteiger partial charge in [-0.15, -0.1) is 0 Å². The van der Waals surface area contributed by atoms with E-state index in [0.717, 1.165) is 12.8 Å². The maximum atomic E-state index is 10.9. The minimum atomic E-state index is -0.840. The van der Waals surface area contributed by atoms with E-state index in [0.29, 0.717) is 30.5 Å². The minimum Gasteiger partial charge on any atom is -0.504 e. The highest BCUT2D eigenvalue weighted by Crippen LogP contribution is 2.33. The molecule has 1 aliphatic rings.